The van der Waals surface area contributed by atoms with Crippen LogP contribution in [0.4, 0.5) is 0 Å². The fourth-order valence-electron chi connectivity index (χ4n) is 2.14. The first-order chi connectivity index (χ1) is 10.7. The predicted octanol–water partition coefficient (Wildman–Crippen LogP) is 2.72. The molecule has 0 fully saturated rings. The Kier molecular flexibility index (Phi) is 9.01. The molecule has 1 amide bonds. The molecule has 1 aromatic carbocycles. The molecule has 2 atom stereocenters. The van der Waals surface area contributed by atoms with Crippen molar-refractivity contribution in [2.75, 3.05) is 13.7 Å². The number of methoxy groups -OCH3 is 1. The van der Waals surface area contributed by atoms with Gasteiger partial charge in [0, 0.05) is 12.5 Å². The van der Waals surface area contributed by atoms with E-state index >= 15 is 0 Å². The monoisotopic (exact) mass is 356 g/mol. The average Bonchev–Trinajstić information content (AvgIpc) is 2.52. The lowest BCUT2D eigenvalue weighted by Crippen LogP contribution is -2.37. The van der Waals surface area contributed by atoms with Crippen molar-refractivity contribution in [3.63, 3.8) is 0 Å². The van der Waals surface area contributed by atoms with Crippen molar-refractivity contribution >= 4 is 24.3 Å². The molecule has 0 aliphatic rings. The second kappa shape index (κ2) is 9.64. The third-order valence-corrected chi connectivity index (χ3v) is 3.90. The summed E-state index contributed by atoms with van der Waals surface area (Å²) in [7, 11) is 1.34. The molecule has 1 aromatic rings. The van der Waals surface area contributed by atoms with E-state index in [9.17, 15) is 9.59 Å². The second-order valence-corrected chi connectivity index (χ2v) is 6.85. The maximum absolute atomic E-state index is 12.1. The smallest absolute Gasteiger partial charge is 0.307 e. The summed E-state index contributed by atoms with van der Waals surface area (Å²) in [5.74, 6) is -0.833. The number of rotatable bonds is 6. The number of halogens is 1. The minimum Gasteiger partial charge on any atom is -0.469 e. The molecule has 0 aliphatic carbocycles. The molecule has 0 saturated heterocycles. The average molecular weight is 357 g/mol. The van der Waals surface area contributed by atoms with Crippen LogP contribution in [0.5, 0.6) is 0 Å². The summed E-state index contributed by atoms with van der Waals surface area (Å²) in [5.41, 5.74) is 7.65. The standard InChI is InChI=1S/C18H28N2O3.ClH/c1-12(11-19)17(22)20-15(10-16(21)23-5)13-6-8-14(9-7-13)18(2,3)4;/h6-9,12,15H,10-11,19H2,1-5H3,(H,20,22);1H. The van der Waals surface area contributed by atoms with Gasteiger partial charge in [0.15, 0.2) is 0 Å². The summed E-state index contributed by atoms with van der Waals surface area (Å²) >= 11 is 0. The van der Waals surface area contributed by atoms with Crippen LogP contribution in [0.1, 0.15) is 51.3 Å². The molecular weight excluding hydrogens is 328 g/mol. The third-order valence-electron chi connectivity index (χ3n) is 3.90. The van der Waals surface area contributed by atoms with Gasteiger partial charge in [-0.05, 0) is 16.5 Å². The number of esters is 1. The highest BCUT2D eigenvalue weighted by molar-refractivity contribution is 5.85. The molecule has 24 heavy (non-hydrogen) atoms. The summed E-state index contributed by atoms with van der Waals surface area (Å²) < 4.78 is 4.73. The Balaban J connectivity index is 0.00000529. The molecule has 6 heteroatoms. The molecule has 0 aromatic heterocycles. The van der Waals surface area contributed by atoms with E-state index in [1.807, 2.05) is 24.3 Å². The zero-order valence-electron chi connectivity index (χ0n) is 15.1. The fraction of sp³-hybridized carbons (Fsp3) is 0.556. The largest absolute Gasteiger partial charge is 0.469 e. The highest BCUT2D eigenvalue weighted by Gasteiger charge is 2.22. The number of benzene rings is 1. The maximum atomic E-state index is 12.1. The molecule has 5 nitrogen and oxygen atoms in total. The van der Waals surface area contributed by atoms with Crippen LogP contribution in [0.3, 0.4) is 0 Å². The van der Waals surface area contributed by atoms with Gasteiger partial charge >= 0.3 is 5.97 Å². The van der Waals surface area contributed by atoms with Gasteiger partial charge in [-0.15, -0.1) is 12.4 Å². The van der Waals surface area contributed by atoms with Gasteiger partial charge in [-0.25, -0.2) is 0 Å². The van der Waals surface area contributed by atoms with Crippen molar-refractivity contribution in [2.45, 2.75) is 45.6 Å². The summed E-state index contributed by atoms with van der Waals surface area (Å²) in [6.45, 7) is 8.43. The molecule has 0 heterocycles. The predicted molar refractivity (Wildman–Crippen MR) is 98.1 cm³/mol. The van der Waals surface area contributed by atoms with Crippen molar-refractivity contribution in [2.24, 2.45) is 11.7 Å². The molecule has 0 aliphatic heterocycles. The Bertz CT molecular complexity index is 538. The third kappa shape index (κ3) is 6.49. The summed E-state index contributed by atoms with van der Waals surface area (Å²) in [4.78, 5) is 23.8. The van der Waals surface area contributed by atoms with Crippen molar-refractivity contribution in [3.8, 4) is 0 Å². The van der Waals surface area contributed by atoms with Gasteiger partial charge in [0.1, 0.15) is 0 Å². The van der Waals surface area contributed by atoms with Gasteiger partial charge < -0.3 is 15.8 Å². The van der Waals surface area contributed by atoms with E-state index in [0.717, 1.165) is 5.56 Å². The summed E-state index contributed by atoms with van der Waals surface area (Å²) in [6, 6.07) is 7.53. The number of ether oxygens (including phenoxy) is 1. The van der Waals surface area contributed by atoms with E-state index in [-0.39, 0.29) is 48.6 Å². The zero-order valence-corrected chi connectivity index (χ0v) is 15.9. The fourth-order valence-corrected chi connectivity index (χ4v) is 2.14. The van der Waals surface area contributed by atoms with Crippen LogP contribution in [-0.4, -0.2) is 25.5 Å². The Morgan fingerprint density at radius 1 is 1.21 bits per heavy atom. The van der Waals surface area contributed by atoms with E-state index in [1.54, 1.807) is 6.92 Å². The first-order valence-electron chi connectivity index (χ1n) is 7.86. The minimum absolute atomic E-state index is 0. The molecule has 0 radical (unpaired) electrons. The van der Waals surface area contributed by atoms with Crippen LogP contribution in [0.15, 0.2) is 24.3 Å². The van der Waals surface area contributed by atoms with Gasteiger partial charge in [0.2, 0.25) is 5.91 Å². The Morgan fingerprint density at radius 3 is 2.17 bits per heavy atom. The molecule has 0 saturated carbocycles. The highest BCUT2D eigenvalue weighted by atomic mass is 35.5. The van der Waals surface area contributed by atoms with E-state index in [0.29, 0.717) is 0 Å². The summed E-state index contributed by atoms with van der Waals surface area (Å²) in [6.07, 6.45) is 0.0917. The van der Waals surface area contributed by atoms with Gasteiger partial charge in [-0.1, -0.05) is 52.0 Å². The van der Waals surface area contributed by atoms with Gasteiger partial charge in [0.25, 0.3) is 0 Å². The Hall–Kier alpha value is -1.59. The zero-order chi connectivity index (χ0) is 17.6. The number of nitrogens with one attached hydrogen (secondary N) is 1. The SMILES string of the molecule is COC(=O)CC(NC(=O)C(C)CN)c1ccc(C(C)(C)C)cc1.Cl. The van der Waals surface area contributed by atoms with E-state index in [1.165, 1.54) is 12.7 Å². The number of nitrogens with two attached hydrogens (primary N) is 1. The van der Waals surface area contributed by atoms with Crippen molar-refractivity contribution in [1.82, 2.24) is 5.32 Å². The van der Waals surface area contributed by atoms with Crippen LogP contribution in [0, 0.1) is 5.92 Å². The molecule has 3 N–H and O–H groups in total. The van der Waals surface area contributed by atoms with E-state index in [2.05, 4.69) is 26.1 Å². The Labute approximate surface area is 150 Å². The van der Waals surface area contributed by atoms with Crippen LogP contribution in [0.25, 0.3) is 0 Å². The quantitative estimate of drug-likeness (QED) is 0.768. The van der Waals surface area contributed by atoms with E-state index in [4.69, 9.17) is 10.5 Å². The summed E-state index contributed by atoms with van der Waals surface area (Å²) in [5, 5.41) is 2.89. The highest BCUT2D eigenvalue weighted by Crippen LogP contribution is 2.25. The topological polar surface area (TPSA) is 81.4 Å². The van der Waals surface area contributed by atoms with Crippen molar-refractivity contribution in [3.05, 3.63) is 35.4 Å². The second-order valence-electron chi connectivity index (χ2n) is 6.85. The van der Waals surface area contributed by atoms with Crippen molar-refractivity contribution < 1.29 is 14.3 Å². The van der Waals surface area contributed by atoms with Gasteiger partial charge in [-0.2, -0.15) is 0 Å². The first-order valence-corrected chi connectivity index (χ1v) is 7.86. The van der Waals surface area contributed by atoms with Crippen molar-refractivity contribution in [1.29, 1.82) is 0 Å². The normalized spacial score (nSPS) is 13.4. The number of hydrogen-bond acceptors (Lipinski definition) is 4. The Morgan fingerprint density at radius 2 is 1.75 bits per heavy atom. The number of carbonyl (C=O) groups excluding carboxylic acids is 2. The minimum atomic E-state index is -0.419. The molecular formula is C18H29ClN2O3. The molecule has 0 spiro atoms. The molecule has 136 valence electrons. The lowest BCUT2D eigenvalue weighted by atomic mass is 9.86. The van der Waals surface area contributed by atoms with Crippen LogP contribution in [-0.2, 0) is 19.7 Å². The van der Waals surface area contributed by atoms with Crippen LogP contribution >= 0.6 is 12.4 Å². The maximum Gasteiger partial charge on any atom is 0.307 e. The lowest BCUT2D eigenvalue weighted by Gasteiger charge is -2.23. The van der Waals surface area contributed by atoms with Gasteiger partial charge in [0.05, 0.1) is 19.6 Å². The first kappa shape index (κ1) is 22.4. The molecule has 2 unspecified atom stereocenters. The number of carbonyl (C=O) groups is 2. The lowest BCUT2D eigenvalue weighted by molar-refractivity contribution is -0.141. The number of hydrogen-bond donors (Lipinski definition) is 2. The molecule has 1 rings (SSSR count). The number of amides is 1. The molecule has 0 bridgehead atoms. The van der Waals surface area contributed by atoms with Gasteiger partial charge in [-0.3, -0.25) is 9.59 Å². The van der Waals surface area contributed by atoms with E-state index < -0.39 is 6.04 Å². The van der Waals surface area contributed by atoms with Crippen LogP contribution < -0.4 is 11.1 Å². The van der Waals surface area contributed by atoms with Crippen LogP contribution in [0.2, 0.25) is 0 Å².